The molecule has 152 valence electrons. The molecule has 0 fully saturated rings. The Morgan fingerprint density at radius 1 is 1.21 bits per heavy atom. The number of esters is 1. The first kappa shape index (κ1) is 20.3. The molecule has 1 atom stereocenters. The number of benzene rings is 1. The zero-order chi connectivity index (χ0) is 21.3. The van der Waals surface area contributed by atoms with Crippen molar-refractivity contribution < 1.29 is 23.9 Å². The van der Waals surface area contributed by atoms with Crippen molar-refractivity contribution in [2.75, 3.05) is 16.8 Å². The Morgan fingerprint density at radius 3 is 2.55 bits per heavy atom. The molecule has 0 spiro atoms. The number of hydrogen-bond acceptors (Lipinski definition) is 5. The van der Waals surface area contributed by atoms with Gasteiger partial charge in [0.05, 0.1) is 11.4 Å². The Hall–Kier alpha value is -3.42. The Kier molecular flexibility index (Phi) is 5.54. The van der Waals surface area contributed by atoms with Crippen LogP contribution in [0, 0.1) is 13.8 Å². The number of ketones is 1. The van der Waals surface area contributed by atoms with Crippen LogP contribution in [0.4, 0.5) is 11.4 Å². The maximum absolute atomic E-state index is 12.9. The highest BCUT2D eigenvalue weighted by atomic mass is 16.5. The Bertz CT molecular complexity index is 1010. The van der Waals surface area contributed by atoms with Crippen molar-refractivity contribution in [1.29, 1.82) is 0 Å². The molecule has 1 aromatic carbocycles. The molecule has 0 unspecified atom stereocenters. The van der Waals surface area contributed by atoms with Gasteiger partial charge < -0.3 is 19.9 Å². The Morgan fingerprint density at radius 2 is 1.90 bits per heavy atom. The first-order chi connectivity index (χ1) is 13.7. The van der Waals surface area contributed by atoms with E-state index in [0.29, 0.717) is 28.2 Å². The van der Waals surface area contributed by atoms with Crippen LogP contribution in [0.3, 0.4) is 0 Å². The molecule has 0 aliphatic carbocycles. The van der Waals surface area contributed by atoms with E-state index in [0.717, 1.165) is 0 Å². The number of anilines is 2. The molecule has 0 bridgehead atoms. The minimum atomic E-state index is -0.712. The van der Waals surface area contributed by atoms with Crippen molar-refractivity contribution in [3.63, 3.8) is 0 Å². The Labute approximate surface area is 168 Å². The van der Waals surface area contributed by atoms with E-state index in [4.69, 9.17) is 4.74 Å². The molecule has 2 aromatic rings. The SMILES string of the molecule is CC(=O)c1c(C)[nH]c(C(=O)OCC(=O)N2c3ccccc3NC(=O)C[C@H]2C)c1C. The van der Waals surface area contributed by atoms with Gasteiger partial charge in [-0.2, -0.15) is 0 Å². The fourth-order valence-corrected chi connectivity index (χ4v) is 3.72. The molecule has 1 aliphatic heterocycles. The first-order valence-electron chi connectivity index (χ1n) is 9.28. The van der Waals surface area contributed by atoms with Crippen LogP contribution in [0.5, 0.6) is 0 Å². The zero-order valence-electron chi connectivity index (χ0n) is 16.8. The summed E-state index contributed by atoms with van der Waals surface area (Å²) in [6, 6.07) is 6.58. The van der Waals surface area contributed by atoms with Gasteiger partial charge >= 0.3 is 5.97 Å². The molecule has 1 aromatic heterocycles. The van der Waals surface area contributed by atoms with Crippen molar-refractivity contribution in [2.24, 2.45) is 0 Å². The second-order valence-electron chi connectivity index (χ2n) is 7.14. The number of fused-ring (bicyclic) bond motifs is 1. The van der Waals surface area contributed by atoms with Crippen LogP contribution in [-0.4, -0.2) is 41.2 Å². The average Bonchev–Trinajstić information content (AvgIpc) is 2.87. The number of ether oxygens (including phenoxy) is 1. The highest BCUT2D eigenvalue weighted by molar-refractivity contribution is 6.06. The molecule has 2 amide bonds. The average molecular weight is 397 g/mol. The largest absolute Gasteiger partial charge is 0.451 e. The van der Waals surface area contributed by atoms with Crippen molar-refractivity contribution in [3.05, 3.63) is 46.8 Å². The third-order valence-electron chi connectivity index (χ3n) is 4.95. The first-order valence-corrected chi connectivity index (χ1v) is 9.28. The second kappa shape index (κ2) is 7.90. The van der Waals surface area contributed by atoms with Crippen LogP contribution < -0.4 is 10.2 Å². The van der Waals surface area contributed by atoms with Gasteiger partial charge in [-0.05, 0) is 45.4 Å². The lowest BCUT2D eigenvalue weighted by molar-refractivity contribution is -0.122. The summed E-state index contributed by atoms with van der Waals surface area (Å²) in [4.78, 5) is 53.5. The minimum Gasteiger partial charge on any atom is -0.451 e. The lowest BCUT2D eigenvalue weighted by Crippen LogP contribution is -2.41. The molecular weight excluding hydrogens is 374 g/mol. The van der Waals surface area contributed by atoms with Crippen LogP contribution in [0.1, 0.15) is 52.4 Å². The van der Waals surface area contributed by atoms with E-state index in [2.05, 4.69) is 10.3 Å². The summed E-state index contributed by atoms with van der Waals surface area (Å²) in [5.74, 6) is -1.50. The molecule has 8 heteroatoms. The molecule has 0 saturated heterocycles. The standard InChI is InChI=1S/C21H23N3O5/c1-11-9-17(26)23-15-7-5-6-8-16(15)24(11)18(27)10-29-21(28)20-12(2)19(14(4)25)13(3)22-20/h5-8,11,22H,9-10H2,1-4H3,(H,23,26)/t11-/m1/s1. The van der Waals surface area contributed by atoms with Crippen molar-refractivity contribution in [1.82, 2.24) is 4.98 Å². The van der Waals surface area contributed by atoms with E-state index >= 15 is 0 Å². The fourth-order valence-electron chi connectivity index (χ4n) is 3.72. The van der Waals surface area contributed by atoms with E-state index in [1.807, 2.05) is 0 Å². The van der Waals surface area contributed by atoms with Gasteiger partial charge in [0.1, 0.15) is 5.69 Å². The van der Waals surface area contributed by atoms with E-state index in [1.54, 1.807) is 45.0 Å². The van der Waals surface area contributed by atoms with Crippen LogP contribution in [0.15, 0.2) is 24.3 Å². The summed E-state index contributed by atoms with van der Waals surface area (Å²) in [7, 11) is 0. The highest BCUT2D eigenvalue weighted by Gasteiger charge is 2.30. The number of nitrogens with zero attached hydrogens (tertiary/aromatic N) is 1. The van der Waals surface area contributed by atoms with E-state index in [9.17, 15) is 19.2 Å². The Balaban J connectivity index is 1.79. The number of amides is 2. The topological polar surface area (TPSA) is 109 Å². The predicted octanol–water partition coefficient (Wildman–Crippen LogP) is 2.75. The number of nitrogens with one attached hydrogen (secondary N) is 2. The van der Waals surface area contributed by atoms with Crippen molar-refractivity contribution >= 4 is 34.9 Å². The summed E-state index contributed by atoms with van der Waals surface area (Å²) < 4.78 is 5.22. The van der Waals surface area contributed by atoms with Crippen LogP contribution in [0.25, 0.3) is 0 Å². The van der Waals surface area contributed by atoms with Gasteiger partial charge in [0.2, 0.25) is 5.91 Å². The highest BCUT2D eigenvalue weighted by Crippen LogP contribution is 2.31. The smallest absolute Gasteiger partial charge is 0.355 e. The minimum absolute atomic E-state index is 0.130. The number of H-pyrrole nitrogens is 1. The molecule has 8 nitrogen and oxygen atoms in total. The lowest BCUT2D eigenvalue weighted by Gasteiger charge is -2.27. The van der Waals surface area contributed by atoms with Gasteiger partial charge in [-0.25, -0.2) is 4.79 Å². The second-order valence-corrected chi connectivity index (χ2v) is 7.14. The summed E-state index contributed by atoms with van der Waals surface area (Å²) in [5, 5.41) is 2.78. The van der Waals surface area contributed by atoms with Crippen molar-refractivity contribution in [2.45, 2.75) is 40.2 Å². The third-order valence-corrected chi connectivity index (χ3v) is 4.95. The molecule has 0 saturated carbocycles. The number of para-hydroxylation sites is 2. The van der Waals surface area contributed by atoms with Crippen LogP contribution >= 0.6 is 0 Å². The molecule has 2 N–H and O–H groups in total. The lowest BCUT2D eigenvalue weighted by atomic mass is 10.1. The number of aromatic amines is 1. The number of aryl methyl sites for hydroxylation is 1. The summed E-state index contributed by atoms with van der Waals surface area (Å²) in [6.07, 6.45) is 0.130. The molecule has 0 radical (unpaired) electrons. The van der Waals surface area contributed by atoms with Crippen LogP contribution in [0.2, 0.25) is 0 Å². The van der Waals surface area contributed by atoms with E-state index in [-0.39, 0.29) is 23.8 Å². The fraction of sp³-hybridized carbons (Fsp3) is 0.333. The van der Waals surface area contributed by atoms with Gasteiger partial charge in [0.15, 0.2) is 12.4 Å². The monoisotopic (exact) mass is 397 g/mol. The summed E-state index contributed by atoms with van der Waals surface area (Å²) >= 11 is 0. The normalized spacial score (nSPS) is 15.9. The maximum Gasteiger partial charge on any atom is 0.355 e. The third kappa shape index (κ3) is 3.91. The molecule has 29 heavy (non-hydrogen) atoms. The van der Waals surface area contributed by atoms with E-state index < -0.39 is 24.5 Å². The molecule has 1 aliphatic rings. The molecular formula is C21H23N3O5. The molecule has 2 heterocycles. The summed E-state index contributed by atoms with van der Waals surface area (Å²) in [5.41, 5.74) is 2.76. The van der Waals surface area contributed by atoms with E-state index in [1.165, 1.54) is 11.8 Å². The number of rotatable bonds is 4. The van der Waals surface area contributed by atoms with Gasteiger partial charge in [0.25, 0.3) is 5.91 Å². The summed E-state index contributed by atoms with van der Waals surface area (Å²) in [6.45, 7) is 6.06. The quantitative estimate of drug-likeness (QED) is 0.609. The number of Topliss-reactive ketones (excluding diaryl/α,β-unsaturated/α-hetero) is 1. The van der Waals surface area contributed by atoms with Crippen LogP contribution in [-0.2, 0) is 14.3 Å². The predicted molar refractivity (Wildman–Crippen MR) is 107 cm³/mol. The van der Waals surface area contributed by atoms with Gasteiger partial charge in [-0.15, -0.1) is 0 Å². The van der Waals surface area contributed by atoms with Gasteiger partial charge in [-0.3, -0.25) is 14.4 Å². The molecule has 3 rings (SSSR count). The number of carbonyl (C=O) groups excluding carboxylic acids is 4. The van der Waals surface area contributed by atoms with Gasteiger partial charge in [0, 0.05) is 23.7 Å². The number of hydrogen-bond donors (Lipinski definition) is 2. The number of carbonyl (C=O) groups is 4. The maximum atomic E-state index is 12.9. The zero-order valence-corrected chi connectivity index (χ0v) is 16.8. The number of aromatic nitrogens is 1. The van der Waals surface area contributed by atoms with Crippen molar-refractivity contribution in [3.8, 4) is 0 Å². The van der Waals surface area contributed by atoms with Gasteiger partial charge in [-0.1, -0.05) is 12.1 Å².